The molecule has 0 bridgehead atoms. The van der Waals surface area contributed by atoms with Crippen LogP contribution in [-0.2, 0) is 20.2 Å². The van der Waals surface area contributed by atoms with E-state index in [1.807, 2.05) is 24.3 Å². The minimum Gasteiger partial charge on any atom is -0.491 e. The number of fused-ring (bicyclic) bond motifs is 1. The van der Waals surface area contributed by atoms with Gasteiger partial charge in [-0.3, -0.25) is 9.10 Å². The maximum atomic E-state index is 13.4. The number of rotatable bonds is 7. The van der Waals surface area contributed by atoms with E-state index < -0.39 is 22.0 Å². The number of carbonyl (C=O) groups excluding carboxylic acids is 1. The molecule has 0 unspecified atom stereocenters. The van der Waals surface area contributed by atoms with E-state index >= 15 is 0 Å². The first-order chi connectivity index (χ1) is 17.1. The summed E-state index contributed by atoms with van der Waals surface area (Å²) in [7, 11) is -3.95. The highest BCUT2D eigenvalue weighted by Gasteiger charge is 2.37. The molecular formula is C27H29ClN2O5S. The van der Waals surface area contributed by atoms with Gasteiger partial charge in [0.25, 0.3) is 15.9 Å². The van der Waals surface area contributed by atoms with Crippen LogP contribution >= 0.6 is 11.6 Å². The van der Waals surface area contributed by atoms with E-state index in [-0.39, 0.29) is 30.0 Å². The smallest absolute Gasteiger partial charge is 0.264 e. The van der Waals surface area contributed by atoms with Crippen LogP contribution in [0.1, 0.15) is 26.3 Å². The summed E-state index contributed by atoms with van der Waals surface area (Å²) in [6, 6.07) is 20.5. The molecule has 0 spiro atoms. The van der Waals surface area contributed by atoms with Gasteiger partial charge in [0.15, 0.2) is 6.10 Å². The quantitative estimate of drug-likeness (QED) is 0.446. The van der Waals surface area contributed by atoms with Gasteiger partial charge < -0.3 is 14.8 Å². The normalized spacial score (nSPS) is 15.6. The molecule has 3 aromatic rings. The summed E-state index contributed by atoms with van der Waals surface area (Å²) in [6.45, 7) is 6.66. The molecule has 1 aliphatic rings. The average molecular weight is 529 g/mol. The maximum Gasteiger partial charge on any atom is 0.264 e. The zero-order valence-electron chi connectivity index (χ0n) is 20.4. The fraction of sp³-hybridized carbons (Fsp3) is 0.296. The molecule has 9 heteroatoms. The Balaban J connectivity index is 1.45. The Morgan fingerprint density at radius 2 is 1.72 bits per heavy atom. The standard InChI is InChI=1S/C27H29ClN2O5S/c1-27(2,3)21-8-4-6-10-23(21)34-17-16-29-26(31)25-18-30(22-9-5-7-11-24(22)35-25)36(32,33)20-14-12-19(28)13-15-20/h4-15,25H,16-18H2,1-3H3,(H,29,31)/t25-/m1/s1. The number of nitrogens with one attached hydrogen (secondary N) is 1. The largest absolute Gasteiger partial charge is 0.491 e. The van der Waals surface area contributed by atoms with Crippen molar-refractivity contribution in [1.82, 2.24) is 5.32 Å². The van der Waals surface area contributed by atoms with E-state index in [0.29, 0.717) is 16.5 Å². The Morgan fingerprint density at radius 3 is 2.44 bits per heavy atom. The molecule has 0 saturated heterocycles. The number of halogens is 1. The first-order valence-electron chi connectivity index (χ1n) is 11.6. The van der Waals surface area contributed by atoms with E-state index in [9.17, 15) is 13.2 Å². The molecule has 1 heterocycles. The minimum absolute atomic E-state index is 0.0775. The third-order valence-corrected chi connectivity index (χ3v) is 7.83. The van der Waals surface area contributed by atoms with E-state index in [4.69, 9.17) is 21.1 Å². The third-order valence-electron chi connectivity index (χ3n) is 5.78. The molecule has 7 nitrogen and oxygen atoms in total. The van der Waals surface area contributed by atoms with Crippen molar-refractivity contribution in [3.63, 3.8) is 0 Å². The van der Waals surface area contributed by atoms with E-state index in [2.05, 4.69) is 26.1 Å². The fourth-order valence-corrected chi connectivity index (χ4v) is 5.56. The number of nitrogens with zero attached hydrogens (tertiary/aromatic N) is 1. The number of sulfonamides is 1. The zero-order valence-corrected chi connectivity index (χ0v) is 22.0. The topological polar surface area (TPSA) is 84.9 Å². The van der Waals surface area contributed by atoms with Crippen molar-refractivity contribution in [2.75, 3.05) is 24.0 Å². The number of ether oxygens (including phenoxy) is 2. The van der Waals surface area contributed by atoms with Gasteiger partial charge in [0.05, 0.1) is 23.7 Å². The van der Waals surface area contributed by atoms with Crippen LogP contribution in [0.3, 0.4) is 0 Å². The summed E-state index contributed by atoms with van der Waals surface area (Å²) in [5.41, 5.74) is 1.37. The highest BCUT2D eigenvalue weighted by Crippen LogP contribution is 2.37. The van der Waals surface area contributed by atoms with Crippen LogP contribution in [-0.4, -0.2) is 40.1 Å². The molecule has 1 atom stereocenters. The molecule has 1 aliphatic heterocycles. The summed E-state index contributed by atoms with van der Waals surface area (Å²) in [4.78, 5) is 13.0. The van der Waals surface area contributed by atoms with Gasteiger partial charge in [-0.15, -0.1) is 0 Å². The van der Waals surface area contributed by atoms with Gasteiger partial charge in [0.1, 0.15) is 18.1 Å². The molecule has 1 amide bonds. The lowest BCUT2D eigenvalue weighted by Gasteiger charge is -2.34. The summed E-state index contributed by atoms with van der Waals surface area (Å²) in [6.07, 6.45) is -1.02. The van der Waals surface area contributed by atoms with Crippen LogP contribution in [0.5, 0.6) is 11.5 Å². The second-order valence-electron chi connectivity index (χ2n) is 9.45. The number of benzene rings is 3. The summed E-state index contributed by atoms with van der Waals surface area (Å²) in [5, 5.41) is 3.23. The molecule has 3 aromatic carbocycles. The van der Waals surface area contributed by atoms with Crippen molar-refractivity contribution >= 4 is 33.2 Å². The van der Waals surface area contributed by atoms with Gasteiger partial charge >= 0.3 is 0 Å². The van der Waals surface area contributed by atoms with Crippen molar-refractivity contribution in [3.8, 4) is 11.5 Å². The van der Waals surface area contributed by atoms with Crippen molar-refractivity contribution in [2.24, 2.45) is 0 Å². The second kappa shape index (κ2) is 10.4. The van der Waals surface area contributed by atoms with Gasteiger partial charge in [-0.05, 0) is 53.4 Å². The fourth-order valence-electron chi connectivity index (χ4n) is 3.96. The van der Waals surface area contributed by atoms with Gasteiger partial charge in [0.2, 0.25) is 0 Å². The van der Waals surface area contributed by atoms with Gasteiger partial charge in [-0.2, -0.15) is 0 Å². The lowest BCUT2D eigenvalue weighted by Crippen LogP contribution is -2.51. The molecular weight excluding hydrogens is 500 g/mol. The summed E-state index contributed by atoms with van der Waals surface area (Å²) in [5.74, 6) is 0.660. The van der Waals surface area contributed by atoms with Crippen molar-refractivity contribution in [2.45, 2.75) is 37.2 Å². The van der Waals surface area contributed by atoms with Crippen LogP contribution in [0, 0.1) is 0 Å². The van der Waals surface area contributed by atoms with E-state index in [1.54, 1.807) is 24.3 Å². The highest BCUT2D eigenvalue weighted by atomic mass is 35.5. The monoisotopic (exact) mass is 528 g/mol. The molecule has 0 fully saturated rings. The maximum absolute atomic E-state index is 13.4. The van der Waals surface area contributed by atoms with E-state index in [0.717, 1.165) is 11.3 Å². The predicted molar refractivity (Wildman–Crippen MR) is 140 cm³/mol. The molecule has 4 rings (SSSR count). The number of hydrogen-bond donors (Lipinski definition) is 1. The van der Waals surface area contributed by atoms with Crippen LogP contribution in [0.25, 0.3) is 0 Å². The average Bonchev–Trinajstić information content (AvgIpc) is 2.85. The molecule has 1 N–H and O–H groups in total. The molecule has 36 heavy (non-hydrogen) atoms. The van der Waals surface area contributed by atoms with E-state index in [1.165, 1.54) is 28.6 Å². The lowest BCUT2D eigenvalue weighted by atomic mass is 9.86. The van der Waals surface area contributed by atoms with Crippen molar-refractivity contribution < 1.29 is 22.7 Å². The Labute approximate surface area is 217 Å². The Hall–Kier alpha value is -3.23. The lowest BCUT2D eigenvalue weighted by molar-refractivity contribution is -0.127. The molecule has 190 valence electrons. The predicted octanol–water partition coefficient (Wildman–Crippen LogP) is 4.79. The van der Waals surface area contributed by atoms with Gasteiger partial charge in [0, 0.05) is 5.02 Å². The molecule has 0 aliphatic carbocycles. The number of carbonyl (C=O) groups is 1. The number of amides is 1. The zero-order chi connectivity index (χ0) is 25.9. The van der Waals surface area contributed by atoms with Gasteiger partial charge in [-0.25, -0.2) is 8.42 Å². The Kier molecular flexibility index (Phi) is 7.47. The first kappa shape index (κ1) is 25.9. The number of anilines is 1. The van der Waals surface area contributed by atoms with Crippen molar-refractivity contribution in [3.05, 3.63) is 83.4 Å². The molecule has 0 aromatic heterocycles. The highest BCUT2D eigenvalue weighted by molar-refractivity contribution is 7.92. The van der Waals surface area contributed by atoms with Crippen LogP contribution in [0.2, 0.25) is 5.02 Å². The Morgan fingerprint density at radius 1 is 1.06 bits per heavy atom. The number of para-hydroxylation sites is 3. The molecule has 0 radical (unpaired) electrons. The van der Waals surface area contributed by atoms with Crippen LogP contribution in [0.4, 0.5) is 5.69 Å². The Bertz CT molecular complexity index is 1340. The molecule has 0 saturated carbocycles. The van der Waals surface area contributed by atoms with Crippen molar-refractivity contribution in [1.29, 1.82) is 0 Å². The number of hydrogen-bond acceptors (Lipinski definition) is 5. The van der Waals surface area contributed by atoms with Gasteiger partial charge in [-0.1, -0.05) is 62.7 Å². The van der Waals surface area contributed by atoms with Crippen LogP contribution in [0.15, 0.2) is 77.7 Å². The second-order valence-corrected chi connectivity index (χ2v) is 11.7. The summed E-state index contributed by atoms with van der Waals surface area (Å²) >= 11 is 5.93. The SMILES string of the molecule is CC(C)(C)c1ccccc1OCCNC(=O)[C@H]1CN(S(=O)(=O)c2ccc(Cl)cc2)c2ccccc2O1. The summed E-state index contributed by atoms with van der Waals surface area (Å²) < 4.78 is 39.9. The first-order valence-corrected chi connectivity index (χ1v) is 13.4. The third kappa shape index (κ3) is 5.60. The van der Waals surface area contributed by atoms with Crippen LogP contribution < -0.4 is 19.1 Å². The minimum atomic E-state index is -3.95.